The van der Waals surface area contributed by atoms with Gasteiger partial charge in [0, 0.05) is 12.3 Å². The highest BCUT2D eigenvalue weighted by molar-refractivity contribution is 5.94. The van der Waals surface area contributed by atoms with Crippen molar-refractivity contribution in [1.29, 1.82) is 0 Å². The van der Waals surface area contributed by atoms with E-state index in [0.29, 0.717) is 12.8 Å². The minimum absolute atomic E-state index is 0.0153. The van der Waals surface area contributed by atoms with Crippen LogP contribution < -0.4 is 10.6 Å². The number of nitrogens with zero attached hydrogens (tertiary/aromatic N) is 8. The molecular formula is C36H44F2N10O8. The van der Waals surface area contributed by atoms with E-state index in [9.17, 15) is 28.6 Å². The van der Waals surface area contributed by atoms with Gasteiger partial charge in [0.05, 0.1) is 19.3 Å². The first-order valence-electron chi connectivity index (χ1n) is 17.6. The highest BCUT2D eigenvalue weighted by Gasteiger charge is 2.48. The number of halogens is 2. The monoisotopic (exact) mass is 782 g/mol. The van der Waals surface area contributed by atoms with E-state index in [1.807, 2.05) is 13.8 Å². The van der Waals surface area contributed by atoms with E-state index in [1.165, 1.54) is 17.2 Å². The van der Waals surface area contributed by atoms with Gasteiger partial charge in [-0.1, -0.05) is 25.7 Å². The molecule has 56 heavy (non-hydrogen) atoms. The number of anilines is 2. The molecule has 0 spiro atoms. The van der Waals surface area contributed by atoms with Gasteiger partial charge in [0.15, 0.2) is 39.6 Å². The normalized spacial score (nSPS) is 24.9. The maximum Gasteiger partial charge on any atom is 0.413 e. The largest absolute Gasteiger partial charge is 0.444 e. The summed E-state index contributed by atoms with van der Waals surface area (Å²) in [6, 6.07) is 0. The Morgan fingerprint density at radius 2 is 1.29 bits per heavy atom. The zero-order valence-electron chi connectivity index (χ0n) is 32.1. The minimum atomic E-state index is -1.58. The molecule has 18 nitrogen and oxygen atoms in total. The fourth-order valence-corrected chi connectivity index (χ4v) is 6.20. The third kappa shape index (κ3) is 8.63. The second-order valence-corrected chi connectivity index (χ2v) is 15.2. The number of carbonyl (C=O) groups excluding carboxylic acids is 2. The summed E-state index contributed by atoms with van der Waals surface area (Å²) in [4.78, 5) is 47.2. The lowest BCUT2D eigenvalue weighted by Crippen LogP contribution is -2.41. The molecule has 300 valence electrons. The fraction of sp³-hybridized carbons (Fsp3) is 0.556. The molecule has 6 rings (SSSR count). The van der Waals surface area contributed by atoms with Crippen LogP contribution in [0.5, 0.6) is 0 Å². The van der Waals surface area contributed by atoms with E-state index in [4.69, 9.17) is 31.8 Å². The van der Waals surface area contributed by atoms with Crippen molar-refractivity contribution in [2.24, 2.45) is 5.92 Å². The molecule has 2 fully saturated rings. The molecule has 6 atom stereocenters. The number of carbonyl (C=O) groups is 2. The number of rotatable bonds is 6. The quantitative estimate of drug-likeness (QED) is 0.155. The molecule has 6 heterocycles. The van der Waals surface area contributed by atoms with E-state index in [1.54, 1.807) is 46.1 Å². The summed E-state index contributed by atoms with van der Waals surface area (Å²) in [6.07, 6.45) is 9.04. The van der Waals surface area contributed by atoms with Crippen molar-refractivity contribution >= 4 is 46.1 Å². The molecule has 4 aromatic rings. The van der Waals surface area contributed by atoms with Gasteiger partial charge >= 0.3 is 24.3 Å². The molecule has 4 aromatic heterocycles. The van der Waals surface area contributed by atoms with Gasteiger partial charge in [-0.05, 0) is 54.4 Å². The zero-order valence-corrected chi connectivity index (χ0v) is 32.1. The first-order valence-corrected chi connectivity index (χ1v) is 17.6. The number of aliphatic hydroxyl groups excluding tert-OH is 2. The fourth-order valence-electron chi connectivity index (χ4n) is 6.20. The van der Waals surface area contributed by atoms with Crippen molar-refractivity contribution in [3.05, 3.63) is 24.8 Å². The summed E-state index contributed by atoms with van der Waals surface area (Å²) in [5.41, 5.74) is -3.19. The zero-order chi connectivity index (χ0) is 41.4. The number of fused-ring (bicyclic) bond motifs is 2. The van der Waals surface area contributed by atoms with E-state index in [2.05, 4.69) is 52.4 Å². The Balaban J connectivity index is 0.000000214. The van der Waals surface area contributed by atoms with Crippen LogP contribution in [0.2, 0.25) is 0 Å². The van der Waals surface area contributed by atoms with Crippen LogP contribution in [0.1, 0.15) is 87.1 Å². The second kappa shape index (κ2) is 15.5. The Morgan fingerprint density at radius 3 is 1.64 bits per heavy atom. The van der Waals surface area contributed by atoms with Crippen LogP contribution in [0.25, 0.3) is 22.3 Å². The first-order chi connectivity index (χ1) is 26.2. The van der Waals surface area contributed by atoms with Gasteiger partial charge in [0.2, 0.25) is 0 Å². The number of imidazole rings is 2. The van der Waals surface area contributed by atoms with Crippen molar-refractivity contribution in [1.82, 2.24) is 39.0 Å². The maximum absolute atomic E-state index is 14.1. The first kappa shape index (κ1) is 41.6. The van der Waals surface area contributed by atoms with Crippen molar-refractivity contribution in [2.75, 3.05) is 17.2 Å². The molecule has 2 saturated heterocycles. The smallest absolute Gasteiger partial charge is 0.413 e. The van der Waals surface area contributed by atoms with Crippen LogP contribution in [0.15, 0.2) is 12.7 Å². The van der Waals surface area contributed by atoms with Crippen molar-refractivity contribution in [3.63, 3.8) is 0 Å². The molecule has 2 aliphatic rings. The highest BCUT2D eigenvalue weighted by atomic mass is 19.1. The average molecular weight is 783 g/mol. The number of hydrogen-bond acceptors (Lipinski definition) is 14. The van der Waals surface area contributed by atoms with Gasteiger partial charge < -0.3 is 29.2 Å². The predicted molar refractivity (Wildman–Crippen MR) is 195 cm³/mol. The lowest BCUT2D eigenvalue weighted by atomic mass is 9.87. The van der Waals surface area contributed by atoms with Crippen molar-refractivity contribution in [2.45, 2.75) is 116 Å². The Labute approximate surface area is 320 Å². The molecule has 4 N–H and O–H groups in total. The van der Waals surface area contributed by atoms with Crippen LogP contribution in [0.4, 0.5) is 30.0 Å². The number of aromatic nitrogens is 8. The number of aliphatic hydroxyl groups is 2. The van der Waals surface area contributed by atoms with Crippen LogP contribution in [-0.4, -0.2) is 96.6 Å². The Kier molecular flexibility index (Phi) is 11.5. The summed E-state index contributed by atoms with van der Waals surface area (Å²) in [5, 5.41) is 24.4. The third-order valence-corrected chi connectivity index (χ3v) is 8.90. The van der Waals surface area contributed by atoms with Crippen LogP contribution in [0.3, 0.4) is 0 Å². The molecule has 0 radical (unpaired) electrons. The summed E-state index contributed by atoms with van der Waals surface area (Å²) < 4.78 is 53.1. The van der Waals surface area contributed by atoms with Crippen molar-refractivity contribution < 1.29 is 47.5 Å². The average Bonchev–Trinajstić information content (AvgIpc) is 3.86. The number of amides is 2. The van der Waals surface area contributed by atoms with E-state index >= 15 is 0 Å². The second-order valence-electron chi connectivity index (χ2n) is 15.2. The molecule has 0 aliphatic carbocycles. The summed E-state index contributed by atoms with van der Waals surface area (Å²) in [5.74, 6) is 4.86. The van der Waals surface area contributed by atoms with E-state index in [0.717, 1.165) is 0 Å². The van der Waals surface area contributed by atoms with Crippen LogP contribution in [0, 0.1) is 42.8 Å². The number of nitrogens with one attached hydrogen (secondary N) is 2. The van der Waals surface area contributed by atoms with Gasteiger partial charge in [-0.15, -0.1) is 12.8 Å². The van der Waals surface area contributed by atoms with Gasteiger partial charge in [0.25, 0.3) is 0 Å². The summed E-state index contributed by atoms with van der Waals surface area (Å²) >= 11 is 0. The number of ether oxygens (including phenoxy) is 4. The Bertz CT molecular complexity index is 2050. The molecule has 2 amide bonds. The number of terminal acetylenes is 2. The summed E-state index contributed by atoms with van der Waals surface area (Å²) in [7, 11) is 0. The molecule has 20 heteroatoms. The van der Waals surface area contributed by atoms with Crippen molar-refractivity contribution in [3.8, 4) is 24.7 Å². The SMILES string of the molecule is C#C[C@]1(CC)O[C@@H](n2cnc3c(NC(=O)OC(C)(C)C)nc(F)nc32)C[C@@H]1C.C#C[C@]1(CO)O[C@@H](n2cnc3c(NC(=O)OC(C)(C)C)nc(F)nc32)C[C@@H]1O. The van der Waals surface area contributed by atoms with Crippen LogP contribution >= 0.6 is 0 Å². The molecule has 0 unspecified atom stereocenters. The van der Waals surface area contributed by atoms with Gasteiger partial charge in [0.1, 0.15) is 35.4 Å². The Hall–Kier alpha value is -5.54. The molecule has 0 aromatic carbocycles. The lowest BCUT2D eigenvalue weighted by Gasteiger charge is -2.25. The molecule has 0 bridgehead atoms. The van der Waals surface area contributed by atoms with Gasteiger partial charge in [-0.2, -0.15) is 28.7 Å². The molecule has 2 aliphatic heterocycles. The lowest BCUT2D eigenvalue weighted by molar-refractivity contribution is -0.0891. The predicted octanol–water partition coefficient (Wildman–Crippen LogP) is 4.61. The summed E-state index contributed by atoms with van der Waals surface area (Å²) in [6.45, 7) is 13.6. The van der Waals surface area contributed by atoms with E-state index < -0.39 is 71.9 Å². The minimum Gasteiger partial charge on any atom is -0.444 e. The third-order valence-electron chi connectivity index (χ3n) is 8.90. The molecule has 0 saturated carbocycles. The Morgan fingerprint density at radius 1 is 0.857 bits per heavy atom. The van der Waals surface area contributed by atoms with Crippen LogP contribution in [-0.2, 0) is 18.9 Å². The van der Waals surface area contributed by atoms with E-state index in [-0.39, 0.29) is 46.3 Å². The number of hydrogen-bond donors (Lipinski definition) is 4. The standard InChI is InChI=1S/C19H24FN5O3.C17H20FN5O5/c1-7-19(8-2)11(3)9-12(27-19)25-10-21-13-14(22-16(20)24-15(13)25)23-17(26)28-18(4,5)6;1-5-17(7-24)9(25)6-10(27-17)23-8-19-11-12(20-14(18)22-13(11)23)21-15(26)28-16(2,3)4/h1,10-12H,8-9H2,2-6H3,(H,22,23,24,26);1,8-10,24-25H,6-7H2,2-4H3,(H,20,21,22,26)/t11-,12+,19+;9-,10+,17+/m00/s1. The maximum atomic E-state index is 14.1. The topological polar surface area (TPSA) is 223 Å². The van der Waals surface area contributed by atoms with Gasteiger partial charge in [-0.3, -0.25) is 19.8 Å². The van der Waals surface area contributed by atoms with Gasteiger partial charge in [-0.25, -0.2) is 19.6 Å². The highest BCUT2D eigenvalue weighted by Crippen LogP contribution is 2.44. The molecular weight excluding hydrogens is 738 g/mol.